The maximum absolute atomic E-state index is 12.1. The lowest BCUT2D eigenvalue weighted by Gasteiger charge is -2.31. The Labute approximate surface area is 131 Å². The lowest BCUT2D eigenvalue weighted by atomic mass is 9.82. The molecule has 0 unspecified atom stereocenters. The van der Waals surface area contributed by atoms with Crippen molar-refractivity contribution in [1.29, 1.82) is 0 Å². The largest absolute Gasteiger partial charge is 0.389 e. The molecular weight excluding hydrogens is 280 g/mol. The lowest BCUT2D eigenvalue weighted by Crippen LogP contribution is -2.35. The number of carbonyl (C=O) groups excluding carboxylic acids is 2. The SMILES string of the molecule is CCC(=O)Nc1cccc(NC(=O)CC2(O)CCCCC2)c1. The van der Waals surface area contributed by atoms with Gasteiger partial charge >= 0.3 is 0 Å². The summed E-state index contributed by atoms with van der Waals surface area (Å²) in [6, 6.07) is 7.04. The molecular formula is C17H24N2O3. The summed E-state index contributed by atoms with van der Waals surface area (Å²) in [5.74, 6) is -0.261. The number of rotatable bonds is 5. The van der Waals surface area contributed by atoms with E-state index in [1.807, 2.05) is 0 Å². The zero-order chi connectivity index (χ0) is 16.0. The van der Waals surface area contributed by atoms with Crippen molar-refractivity contribution in [2.24, 2.45) is 0 Å². The summed E-state index contributed by atoms with van der Waals surface area (Å²) >= 11 is 0. The fourth-order valence-corrected chi connectivity index (χ4v) is 2.81. The number of amides is 2. The molecule has 120 valence electrons. The Bertz CT molecular complexity index is 536. The van der Waals surface area contributed by atoms with E-state index in [2.05, 4.69) is 10.6 Å². The third-order valence-electron chi connectivity index (χ3n) is 4.03. The summed E-state index contributed by atoms with van der Waals surface area (Å²) in [5.41, 5.74) is 0.412. The van der Waals surface area contributed by atoms with Crippen molar-refractivity contribution in [3.05, 3.63) is 24.3 Å². The molecule has 2 amide bonds. The van der Waals surface area contributed by atoms with Gasteiger partial charge < -0.3 is 15.7 Å². The minimum atomic E-state index is -0.865. The summed E-state index contributed by atoms with van der Waals surface area (Å²) in [5, 5.41) is 16.0. The van der Waals surface area contributed by atoms with E-state index >= 15 is 0 Å². The summed E-state index contributed by atoms with van der Waals surface area (Å²) in [6.45, 7) is 1.78. The van der Waals surface area contributed by atoms with E-state index in [4.69, 9.17) is 0 Å². The molecule has 2 rings (SSSR count). The Morgan fingerprint density at radius 3 is 2.27 bits per heavy atom. The number of hydrogen-bond donors (Lipinski definition) is 3. The summed E-state index contributed by atoms with van der Waals surface area (Å²) in [7, 11) is 0. The first-order valence-corrected chi connectivity index (χ1v) is 7.93. The van der Waals surface area contributed by atoms with Gasteiger partial charge in [-0.25, -0.2) is 0 Å². The fraction of sp³-hybridized carbons (Fsp3) is 0.529. The van der Waals surface area contributed by atoms with Gasteiger partial charge in [0.15, 0.2) is 0 Å². The molecule has 0 aromatic heterocycles. The first kappa shape index (κ1) is 16.5. The molecule has 0 bridgehead atoms. The first-order chi connectivity index (χ1) is 10.5. The van der Waals surface area contributed by atoms with Crippen LogP contribution in [0.2, 0.25) is 0 Å². The summed E-state index contributed by atoms with van der Waals surface area (Å²) < 4.78 is 0. The highest BCUT2D eigenvalue weighted by atomic mass is 16.3. The van der Waals surface area contributed by atoms with Gasteiger partial charge in [-0.05, 0) is 31.0 Å². The van der Waals surface area contributed by atoms with Crippen LogP contribution in [-0.4, -0.2) is 22.5 Å². The maximum Gasteiger partial charge on any atom is 0.227 e. The molecule has 0 heterocycles. The minimum absolute atomic E-state index is 0.0695. The molecule has 22 heavy (non-hydrogen) atoms. The molecule has 0 radical (unpaired) electrons. The molecule has 1 aromatic rings. The Balaban J connectivity index is 1.93. The number of carbonyl (C=O) groups is 2. The monoisotopic (exact) mass is 304 g/mol. The van der Waals surface area contributed by atoms with Gasteiger partial charge in [-0.15, -0.1) is 0 Å². The van der Waals surface area contributed by atoms with E-state index < -0.39 is 5.60 Å². The zero-order valence-corrected chi connectivity index (χ0v) is 13.0. The smallest absolute Gasteiger partial charge is 0.227 e. The molecule has 1 saturated carbocycles. The predicted octanol–water partition coefficient (Wildman–Crippen LogP) is 3.06. The second-order valence-corrected chi connectivity index (χ2v) is 5.99. The average Bonchev–Trinajstić information content (AvgIpc) is 2.47. The molecule has 0 saturated heterocycles. The van der Waals surface area contributed by atoms with E-state index in [1.54, 1.807) is 31.2 Å². The molecule has 3 N–H and O–H groups in total. The molecule has 1 aromatic carbocycles. The second kappa shape index (κ2) is 7.40. The van der Waals surface area contributed by atoms with E-state index in [1.165, 1.54) is 0 Å². The Hall–Kier alpha value is -1.88. The van der Waals surface area contributed by atoms with Crippen LogP contribution in [0, 0.1) is 0 Å². The second-order valence-electron chi connectivity index (χ2n) is 5.99. The Morgan fingerprint density at radius 2 is 1.68 bits per heavy atom. The van der Waals surface area contributed by atoms with Gasteiger partial charge in [0.05, 0.1) is 12.0 Å². The van der Waals surface area contributed by atoms with Gasteiger partial charge in [0.2, 0.25) is 11.8 Å². The van der Waals surface area contributed by atoms with Crippen molar-refractivity contribution in [2.75, 3.05) is 10.6 Å². The van der Waals surface area contributed by atoms with Crippen LogP contribution >= 0.6 is 0 Å². The highest BCUT2D eigenvalue weighted by Crippen LogP contribution is 2.31. The maximum atomic E-state index is 12.1. The highest BCUT2D eigenvalue weighted by Gasteiger charge is 2.31. The van der Waals surface area contributed by atoms with Crippen LogP contribution in [0.3, 0.4) is 0 Å². The van der Waals surface area contributed by atoms with Crippen LogP contribution in [0.15, 0.2) is 24.3 Å². The Kier molecular flexibility index (Phi) is 5.55. The molecule has 1 aliphatic carbocycles. The van der Waals surface area contributed by atoms with E-state index in [0.29, 0.717) is 30.6 Å². The van der Waals surface area contributed by atoms with Crippen LogP contribution < -0.4 is 10.6 Å². The topological polar surface area (TPSA) is 78.4 Å². The van der Waals surface area contributed by atoms with Crippen molar-refractivity contribution < 1.29 is 14.7 Å². The molecule has 0 aliphatic heterocycles. The minimum Gasteiger partial charge on any atom is -0.389 e. The molecule has 1 aliphatic rings. The Morgan fingerprint density at radius 1 is 1.09 bits per heavy atom. The van der Waals surface area contributed by atoms with Gasteiger partial charge in [-0.3, -0.25) is 9.59 Å². The molecule has 5 nitrogen and oxygen atoms in total. The van der Waals surface area contributed by atoms with Crippen molar-refractivity contribution in [2.45, 2.75) is 57.5 Å². The van der Waals surface area contributed by atoms with Gasteiger partial charge in [0.1, 0.15) is 0 Å². The zero-order valence-electron chi connectivity index (χ0n) is 13.0. The number of aliphatic hydroxyl groups is 1. The van der Waals surface area contributed by atoms with E-state index in [-0.39, 0.29) is 18.2 Å². The third kappa shape index (κ3) is 4.84. The normalized spacial score (nSPS) is 16.8. The standard InChI is InChI=1S/C17H24N2O3/c1-2-15(20)18-13-7-6-8-14(11-13)19-16(21)12-17(22)9-4-3-5-10-17/h6-8,11,22H,2-5,9-10,12H2,1H3,(H,18,20)(H,19,21). The van der Waals surface area contributed by atoms with E-state index in [0.717, 1.165) is 19.3 Å². The van der Waals surface area contributed by atoms with Gasteiger partial charge in [0, 0.05) is 17.8 Å². The first-order valence-electron chi connectivity index (χ1n) is 7.93. The number of anilines is 2. The molecule has 0 spiro atoms. The fourth-order valence-electron chi connectivity index (χ4n) is 2.81. The quantitative estimate of drug-likeness (QED) is 0.782. The number of benzene rings is 1. The van der Waals surface area contributed by atoms with Crippen molar-refractivity contribution in [3.8, 4) is 0 Å². The predicted molar refractivity (Wildman–Crippen MR) is 86.6 cm³/mol. The van der Waals surface area contributed by atoms with Crippen LogP contribution in [0.25, 0.3) is 0 Å². The van der Waals surface area contributed by atoms with Crippen molar-refractivity contribution >= 4 is 23.2 Å². The van der Waals surface area contributed by atoms with Crippen LogP contribution in [0.4, 0.5) is 11.4 Å². The average molecular weight is 304 g/mol. The third-order valence-corrected chi connectivity index (χ3v) is 4.03. The summed E-state index contributed by atoms with van der Waals surface area (Å²) in [6.07, 6.45) is 4.98. The van der Waals surface area contributed by atoms with Crippen molar-refractivity contribution in [1.82, 2.24) is 0 Å². The van der Waals surface area contributed by atoms with Crippen LogP contribution in [0.1, 0.15) is 51.9 Å². The molecule has 1 fully saturated rings. The van der Waals surface area contributed by atoms with Gasteiger partial charge in [-0.2, -0.15) is 0 Å². The van der Waals surface area contributed by atoms with E-state index in [9.17, 15) is 14.7 Å². The van der Waals surface area contributed by atoms with Crippen molar-refractivity contribution in [3.63, 3.8) is 0 Å². The van der Waals surface area contributed by atoms with Gasteiger partial charge in [0.25, 0.3) is 0 Å². The highest BCUT2D eigenvalue weighted by molar-refractivity contribution is 5.94. The number of nitrogens with one attached hydrogen (secondary N) is 2. The van der Waals surface area contributed by atoms with Crippen LogP contribution in [0.5, 0.6) is 0 Å². The molecule has 5 heteroatoms. The summed E-state index contributed by atoms with van der Waals surface area (Å²) in [4.78, 5) is 23.5. The molecule has 0 atom stereocenters. The number of hydrogen-bond acceptors (Lipinski definition) is 3. The lowest BCUT2D eigenvalue weighted by molar-refractivity contribution is -0.122. The van der Waals surface area contributed by atoms with Crippen LogP contribution in [-0.2, 0) is 9.59 Å². The van der Waals surface area contributed by atoms with Gasteiger partial charge in [-0.1, -0.05) is 32.3 Å².